The molecule has 0 N–H and O–H groups in total. The van der Waals surface area contributed by atoms with Gasteiger partial charge >= 0.3 is 0 Å². The van der Waals surface area contributed by atoms with E-state index in [0.717, 1.165) is 48.2 Å². The largest absolute Gasteiger partial charge is 0.343 e. The standard InChI is InChI=1S/C20H20FN3O/c1-14(25)23-11-9-15(10-12-23)20-18-8-7-16(21)13-19(18)24(22-20)17-5-3-2-4-6-17/h2-8,13,15H,9-12H2,1H3. The molecule has 0 bridgehead atoms. The molecule has 0 spiro atoms. The van der Waals surface area contributed by atoms with Crippen LogP contribution in [0.3, 0.4) is 0 Å². The highest BCUT2D eigenvalue weighted by Gasteiger charge is 2.26. The van der Waals surface area contributed by atoms with Gasteiger partial charge in [0.15, 0.2) is 0 Å². The fraction of sp³-hybridized carbons (Fsp3) is 0.300. The lowest BCUT2D eigenvalue weighted by Crippen LogP contribution is -2.36. The first-order valence-electron chi connectivity index (χ1n) is 8.62. The van der Waals surface area contributed by atoms with E-state index in [4.69, 9.17) is 5.10 Å². The Kier molecular flexibility index (Phi) is 3.99. The van der Waals surface area contributed by atoms with Crippen molar-refractivity contribution >= 4 is 16.8 Å². The van der Waals surface area contributed by atoms with E-state index in [0.29, 0.717) is 0 Å². The highest BCUT2D eigenvalue weighted by atomic mass is 19.1. The number of hydrogen-bond acceptors (Lipinski definition) is 2. The molecule has 2 heterocycles. The molecule has 0 aliphatic carbocycles. The van der Waals surface area contributed by atoms with Gasteiger partial charge in [-0.3, -0.25) is 4.79 Å². The Balaban J connectivity index is 1.76. The van der Waals surface area contributed by atoms with Gasteiger partial charge in [-0.2, -0.15) is 5.10 Å². The number of piperidine rings is 1. The van der Waals surface area contributed by atoms with E-state index in [1.807, 2.05) is 46.0 Å². The smallest absolute Gasteiger partial charge is 0.219 e. The van der Waals surface area contributed by atoms with Gasteiger partial charge in [0, 0.05) is 37.4 Å². The predicted octanol–water partition coefficient (Wildman–Crippen LogP) is 3.89. The predicted molar refractivity (Wildman–Crippen MR) is 95.3 cm³/mol. The highest BCUT2D eigenvalue weighted by Crippen LogP contribution is 2.33. The van der Waals surface area contributed by atoms with Crippen molar-refractivity contribution in [2.24, 2.45) is 0 Å². The Morgan fingerprint density at radius 3 is 2.52 bits per heavy atom. The van der Waals surface area contributed by atoms with Gasteiger partial charge in [-0.15, -0.1) is 0 Å². The van der Waals surface area contributed by atoms with E-state index in [9.17, 15) is 9.18 Å². The van der Waals surface area contributed by atoms with Crippen LogP contribution in [0, 0.1) is 5.82 Å². The molecule has 2 aromatic carbocycles. The third-order valence-corrected chi connectivity index (χ3v) is 5.00. The van der Waals surface area contributed by atoms with Crippen molar-refractivity contribution in [2.45, 2.75) is 25.7 Å². The summed E-state index contributed by atoms with van der Waals surface area (Å²) in [4.78, 5) is 13.4. The summed E-state index contributed by atoms with van der Waals surface area (Å²) in [6, 6.07) is 14.7. The number of carbonyl (C=O) groups excluding carboxylic acids is 1. The topological polar surface area (TPSA) is 38.1 Å². The number of benzene rings is 2. The maximum Gasteiger partial charge on any atom is 0.219 e. The summed E-state index contributed by atoms with van der Waals surface area (Å²) >= 11 is 0. The van der Waals surface area contributed by atoms with Crippen molar-refractivity contribution in [2.75, 3.05) is 13.1 Å². The molecule has 0 atom stereocenters. The molecule has 0 unspecified atom stereocenters. The van der Waals surface area contributed by atoms with Crippen molar-refractivity contribution in [3.63, 3.8) is 0 Å². The van der Waals surface area contributed by atoms with E-state index < -0.39 is 0 Å². The first-order valence-corrected chi connectivity index (χ1v) is 8.62. The summed E-state index contributed by atoms with van der Waals surface area (Å²) in [5.41, 5.74) is 2.71. The number of likely N-dealkylation sites (tertiary alicyclic amines) is 1. The molecule has 0 radical (unpaired) electrons. The molecule has 0 saturated carbocycles. The number of rotatable bonds is 2. The summed E-state index contributed by atoms with van der Waals surface area (Å²) in [6.45, 7) is 3.12. The van der Waals surface area contributed by atoms with Gasteiger partial charge in [0.05, 0.1) is 16.9 Å². The molecule has 1 saturated heterocycles. The van der Waals surface area contributed by atoms with Crippen molar-refractivity contribution < 1.29 is 9.18 Å². The zero-order valence-electron chi connectivity index (χ0n) is 14.2. The summed E-state index contributed by atoms with van der Waals surface area (Å²) in [7, 11) is 0. The Labute approximate surface area is 145 Å². The molecule has 5 heteroatoms. The van der Waals surface area contributed by atoms with Crippen LogP contribution >= 0.6 is 0 Å². The van der Waals surface area contributed by atoms with E-state index >= 15 is 0 Å². The molecule has 1 fully saturated rings. The summed E-state index contributed by atoms with van der Waals surface area (Å²) in [5, 5.41) is 5.83. The number of carbonyl (C=O) groups is 1. The van der Waals surface area contributed by atoms with Crippen LogP contribution in [0.25, 0.3) is 16.6 Å². The van der Waals surface area contributed by atoms with Crippen molar-refractivity contribution in [3.8, 4) is 5.69 Å². The average molecular weight is 337 g/mol. The number of para-hydroxylation sites is 1. The van der Waals surface area contributed by atoms with Gasteiger partial charge in [0.2, 0.25) is 5.91 Å². The quantitative estimate of drug-likeness (QED) is 0.711. The number of fused-ring (bicyclic) bond motifs is 1. The fourth-order valence-corrected chi connectivity index (χ4v) is 3.65. The number of aromatic nitrogens is 2. The minimum Gasteiger partial charge on any atom is -0.343 e. The lowest BCUT2D eigenvalue weighted by atomic mass is 9.91. The van der Waals surface area contributed by atoms with E-state index in [2.05, 4.69) is 0 Å². The Bertz CT molecular complexity index is 911. The van der Waals surface area contributed by atoms with Gasteiger partial charge in [0.1, 0.15) is 5.82 Å². The molecule has 3 aromatic rings. The Hall–Kier alpha value is -2.69. The summed E-state index contributed by atoms with van der Waals surface area (Å²) < 4.78 is 15.7. The highest BCUT2D eigenvalue weighted by molar-refractivity contribution is 5.84. The molecule has 128 valence electrons. The van der Waals surface area contributed by atoms with Crippen LogP contribution < -0.4 is 0 Å². The van der Waals surface area contributed by atoms with Crippen LogP contribution in [0.5, 0.6) is 0 Å². The average Bonchev–Trinajstić information content (AvgIpc) is 3.01. The lowest BCUT2D eigenvalue weighted by molar-refractivity contribution is -0.129. The summed E-state index contributed by atoms with van der Waals surface area (Å²) in [5.74, 6) is 0.149. The zero-order valence-corrected chi connectivity index (χ0v) is 14.2. The zero-order chi connectivity index (χ0) is 17.4. The van der Waals surface area contributed by atoms with Gasteiger partial charge in [-0.1, -0.05) is 18.2 Å². The monoisotopic (exact) mass is 337 g/mol. The molecule has 25 heavy (non-hydrogen) atoms. The summed E-state index contributed by atoms with van der Waals surface area (Å²) in [6.07, 6.45) is 1.77. The normalized spacial score (nSPS) is 15.7. The first kappa shape index (κ1) is 15.8. The first-order chi connectivity index (χ1) is 12.1. The Morgan fingerprint density at radius 2 is 1.84 bits per heavy atom. The van der Waals surface area contributed by atoms with Crippen molar-refractivity contribution in [1.29, 1.82) is 0 Å². The number of amides is 1. The van der Waals surface area contributed by atoms with Crippen molar-refractivity contribution in [3.05, 3.63) is 60.0 Å². The van der Waals surface area contributed by atoms with Crippen LogP contribution in [-0.2, 0) is 4.79 Å². The second-order valence-corrected chi connectivity index (χ2v) is 6.57. The SMILES string of the molecule is CC(=O)N1CCC(c2nn(-c3ccccc3)c3cc(F)ccc23)CC1. The minimum absolute atomic E-state index is 0.125. The molecule has 1 amide bonds. The lowest BCUT2D eigenvalue weighted by Gasteiger charge is -2.30. The number of nitrogens with zero attached hydrogens (tertiary/aromatic N) is 3. The minimum atomic E-state index is -0.262. The molecule has 4 nitrogen and oxygen atoms in total. The molecular weight excluding hydrogens is 317 g/mol. The molecule has 1 aliphatic heterocycles. The van der Waals surface area contributed by atoms with E-state index in [-0.39, 0.29) is 17.6 Å². The van der Waals surface area contributed by atoms with E-state index in [1.54, 1.807) is 13.0 Å². The van der Waals surface area contributed by atoms with E-state index in [1.165, 1.54) is 6.07 Å². The molecule has 1 aliphatic rings. The maximum atomic E-state index is 13.8. The van der Waals surface area contributed by atoms with Gasteiger partial charge in [-0.25, -0.2) is 9.07 Å². The molecule has 1 aromatic heterocycles. The Morgan fingerprint density at radius 1 is 1.12 bits per heavy atom. The fourth-order valence-electron chi connectivity index (χ4n) is 3.65. The third kappa shape index (κ3) is 2.90. The molecular formula is C20H20FN3O. The molecule has 4 rings (SSSR count). The van der Waals surface area contributed by atoms with Crippen LogP contribution in [0.1, 0.15) is 31.4 Å². The van der Waals surface area contributed by atoms with Gasteiger partial charge in [0.25, 0.3) is 0 Å². The van der Waals surface area contributed by atoms with Crippen LogP contribution in [0.2, 0.25) is 0 Å². The third-order valence-electron chi connectivity index (χ3n) is 5.00. The van der Waals surface area contributed by atoms with Gasteiger partial charge in [-0.05, 0) is 37.1 Å². The van der Waals surface area contributed by atoms with Gasteiger partial charge < -0.3 is 4.90 Å². The van der Waals surface area contributed by atoms with Crippen LogP contribution in [0.4, 0.5) is 4.39 Å². The van der Waals surface area contributed by atoms with Crippen LogP contribution in [-0.4, -0.2) is 33.7 Å². The number of halogens is 1. The van der Waals surface area contributed by atoms with Crippen molar-refractivity contribution in [1.82, 2.24) is 14.7 Å². The second kappa shape index (κ2) is 6.31. The van der Waals surface area contributed by atoms with Crippen LogP contribution in [0.15, 0.2) is 48.5 Å². The second-order valence-electron chi connectivity index (χ2n) is 6.57. The number of hydrogen-bond donors (Lipinski definition) is 0. The maximum absolute atomic E-state index is 13.8.